The molecule has 0 saturated heterocycles. The van der Waals surface area contributed by atoms with E-state index in [2.05, 4.69) is 5.32 Å². The average Bonchev–Trinajstić information content (AvgIpc) is 2.80. The molecule has 0 aliphatic heterocycles. The molecule has 0 bridgehead atoms. The third-order valence-corrected chi connectivity index (χ3v) is 4.48. The van der Waals surface area contributed by atoms with E-state index in [-0.39, 0.29) is 17.5 Å². The molecule has 3 rings (SSSR count). The van der Waals surface area contributed by atoms with E-state index in [1.54, 1.807) is 31.2 Å². The number of amides is 1. The lowest BCUT2D eigenvalue weighted by molar-refractivity contribution is -0.131. The fraction of sp³-hybridized carbons (Fsp3) is 0.190. The first-order valence-electron chi connectivity index (χ1n) is 8.13. The molecule has 1 aliphatic rings. The molecule has 0 fully saturated rings. The van der Waals surface area contributed by atoms with Crippen molar-refractivity contribution in [2.45, 2.75) is 20.3 Å². The predicted octanol–water partition coefficient (Wildman–Crippen LogP) is 3.43. The number of nitrogens with one attached hydrogen (secondary N) is 1. The highest BCUT2D eigenvalue weighted by atomic mass is 16.2. The molecule has 2 aromatic carbocycles. The first-order valence-corrected chi connectivity index (χ1v) is 8.13. The van der Waals surface area contributed by atoms with Crippen LogP contribution in [0, 0.1) is 5.41 Å². The van der Waals surface area contributed by atoms with E-state index in [1.165, 1.54) is 13.0 Å². The van der Waals surface area contributed by atoms with E-state index >= 15 is 0 Å². The summed E-state index contributed by atoms with van der Waals surface area (Å²) in [6, 6.07) is 16.5. The van der Waals surface area contributed by atoms with Gasteiger partial charge in [0.15, 0.2) is 11.6 Å². The van der Waals surface area contributed by atoms with Gasteiger partial charge in [0, 0.05) is 18.2 Å². The molecule has 0 heterocycles. The van der Waals surface area contributed by atoms with Gasteiger partial charge in [-0.1, -0.05) is 42.5 Å². The topological polar surface area (TPSA) is 63.2 Å². The smallest absolute Gasteiger partial charge is 0.221 e. The van der Waals surface area contributed by atoms with Crippen LogP contribution in [0.4, 0.5) is 5.69 Å². The van der Waals surface area contributed by atoms with Crippen molar-refractivity contribution in [3.63, 3.8) is 0 Å². The van der Waals surface area contributed by atoms with Crippen molar-refractivity contribution in [1.82, 2.24) is 0 Å². The molecular weight excluding hydrogens is 314 g/mol. The highest BCUT2D eigenvalue weighted by Crippen LogP contribution is 2.38. The molecule has 0 aromatic heterocycles. The van der Waals surface area contributed by atoms with Crippen LogP contribution in [0.1, 0.15) is 25.0 Å². The molecule has 0 spiro atoms. The van der Waals surface area contributed by atoms with Crippen LogP contribution in [0.2, 0.25) is 0 Å². The van der Waals surface area contributed by atoms with Gasteiger partial charge in [0.05, 0.1) is 5.41 Å². The molecule has 1 atom stereocenters. The lowest BCUT2D eigenvalue weighted by Gasteiger charge is -2.21. The summed E-state index contributed by atoms with van der Waals surface area (Å²) in [5.41, 5.74) is 1.66. The largest absolute Gasteiger partial charge is 0.326 e. The normalized spacial score (nSPS) is 19.7. The highest BCUT2D eigenvalue weighted by Gasteiger charge is 2.46. The maximum Gasteiger partial charge on any atom is 0.221 e. The van der Waals surface area contributed by atoms with Crippen molar-refractivity contribution >= 4 is 28.7 Å². The minimum atomic E-state index is -1.06. The van der Waals surface area contributed by atoms with Gasteiger partial charge in [-0.3, -0.25) is 14.4 Å². The van der Waals surface area contributed by atoms with Gasteiger partial charge in [-0.25, -0.2) is 0 Å². The Bertz CT molecular complexity index is 866. The van der Waals surface area contributed by atoms with Crippen LogP contribution in [-0.4, -0.2) is 17.5 Å². The Balaban J connectivity index is 1.85. The summed E-state index contributed by atoms with van der Waals surface area (Å²) < 4.78 is 0. The monoisotopic (exact) mass is 333 g/mol. The van der Waals surface area contributed by atoms with E-state index in [9.17, 15) is 14.4 Å². The first kappa shape index (κ1) is 16.8. The van der Waals surface area contributed by atoms with Crippen molar-refractivity contribution < 1.29 is 14.4 Å². The number of rotatable bonds is 4. The number of hydrogen-bond donors (Lipinski definition) is 1. The van der Waals surface area contributed by atoms with Crippen LogP contribution < -0.4 is 5.32 Å². The molecule has 126 valence electrons. The van der Waals surface area contributed by atoms with E-state index in [4.69, 9.17) is 0 Å². The summed E-state index contributed by atoms with van der Waals surface area (Å²) in [4.78, 5) is 36.6. The number of ketones is 2. The van der Waals surface area contributed by atoms with Gasteiger partial charge in [0.1, 0.15) is 0 Å². The summed E-state index contributed by atoms with van der Waals surface area (Å²) in [5.74, 6) is -0.481. The van der Waals surface area contributed by atoms with Crippen molar-refractivity contribution in [2.24, 2.45) is 5.41 Å². The minimum absolute atomic E-state index is 0.158. The number of carbonyl (C=O) groups is 3. The molecule has 25 heavy (non-hydrogen) atoms. The molecular formula is C21H19NO3. The van der Waals surface area contributed by atoms with E-state index in [0.717, 1.165) is 5.56 Å². The molecule has 0 saturated carbocycles. The number of hydrogen-bond acceptors (Lipinski definition) is 3. The molecule has 0 radical (unpaired) electrons. The fourth-order valence-corrected chi connectivity index (χ4v) is 3.09. The molecule has 1 N–H and O–H groups in total. The molecule has 2 aromatic rings. The first-order chi connectivity index (χ1) is 11.9. The summed E-state index contributed by atoms with van der Waals surface area (Å²) in [6.45, 7) is 3.14. The van der Waals surface area contributed by atoms with Crippen LogP contribution in [0.5, 0.6) is 0 Å². The maximum absolute atomic E-state index is 12.9. The standard InChI is InChI=1S/C21H19NO3/c1-14(23)22-17-10-8-16(9-11-17)18-12-19(24)21(2,20(18)25)13-15-6-4-3-5-7-15/h3-12H,13H2,1-2H3,(H,22,23). The quantitative estimate of drug-likeness (QED) is 0.872. The van der Waals surface area contributed by atoms with Crippen LogP contribution in [0.25, 0.3) is 5.57 Å². The van der Waals surface area contributed by atoms with Crippen molar-refractivity contribution in [3.05, 3.63) is 71.8 Å². The molecule has 1 aliphatic carbocycles. The number of allylic oxidation sites excluding steroid dienone is 2. The van der Waals surface area contributed by atoms with Crippen LogP contribution in [-0.2, 0) is 20.8 Å². The Morgan fingerprint density at radius 3 is 2.24 bits per heavy atom. The van der Waals surface area contributed by atoms with Crippen molar-refractivity contribution in [2.75, 3.05) is 5.32 Å². The van der Waals surface area contributed by atoms with Crippen molar-refractivity contribution in [3.8, 4) is 0 Å². The van der Waals surface area contributed by atoms with E-state index in [1.807, 2.05) is 30.3 Å². The van der Waals surface area contributed by atoms with Crippen LogP contribution >= 0.6 is 0 Å². The maximum atomic E-state index is 12.9. The van der Waals surface area contributed by atoms with Crippen LogP contribution in [0.3, 0.4) is 0 Å². The number of Topliss-reactive ketones (excluding diaryl/α,β-unsaturated/α-hetero) is 1. The summed E-state index contributed by atoms with van der Waals surface area (Å²) in [6.07, 6.45) is 1.83. The lowest BCUT2D eigenvalue weighted by Crippen LogP contribution is -2.33. The van der Waals surface area contributed by atoms with Gasteiger partial charge >= 0.3 is 0 Å². The lowest BCUT2D eigenvalue weighted by atomic mass is 9.78. The second-order valence-electron chi connectivity index (χ2n) is 6.50. The SMILES string of the molecule is CC(=O)Nc1ccc(C2=CC(=O)C(C)(Cc3ccccc3)C2=O)cc1. The minimum Gasteiger partial charge on any atom is -0.326 e. The Hall–Kier alpha value is -3.01. The van der Waals surface area contributed by atoms with Crippen LogP contribution in [0.15, 0.2) is 60.7 Å². The van der Waals surface area contributed by atoms with Gasteiger partial charge in [-0.2, -0.15) is 0 Å². The number of carbonyl (C=O) groups excluding carboxylic acids is 3. The highest BCUT2D eigenvalue weighted by molar-refractivity contribution is 6.39. The third-order valence-electron chi connectivity index (χ3n) is 4.48. The number of anilines is 1. The zero-order valence-corrected chi connectivity index (χ0v) is 14.2. The third kappa shape index (κ3) is 3.29. The second kappa shape index (κ2) is 6.48. The summed E-state index contributed by atoms with van der Waals surface area (Å²) >= 11 is 0. The van der Waals surface area contributed by atoms with Crippen molar-refractivity contribution in [1.29, 1.82) is 0 Å². The van der Waals surface area contributed by atoms with E-state index < -0.39 is 5.41 Å². The number of benzene rings is 2. The predicted molar refractivity (Wildman–Crippen MR) is 97.0 cm³/mol. The zero-order chi connectivity index (χ0) is 18.0. The molecule has 1 amide bonds. The van der Waals surface area contributed by atoms with Gasteiger partial charge in [-0.05, 0) is 42.7 Å². The molecule has 4 nitrogen and oxygen atoms in total. The summed E-state index contributed by atoms with van der Waals surface area (Å²) in [5, 5.41) is 2.68. The zero-order valence-electron chi connectivity index (χ0n) is 14.2. The van der Waals surface area contributed by atoms with Gasteiger partial charge in [-0.15, -0.1) is 0 Å². The van der Waals surface area contributed by atoms with Gasteiger partial charge < -0.3 is 5.32 Å². The Labute approximate surface area is 146 Å². The Morgan fingerprint density at radius 1 is 1.00 bits per heavy atom. The van der Waals surface area contributed by atoms with Gasteiger partial charge in [0.25, 0.3) is 0 Å². The second-order valence-corrected chi connectivity index (χ2v) is 6.50. The average molecular weight is 333 g/mol. The van der Waals surface area contributed by atoms with E-state index in [0.29, 0.717) is 23.2 Å². The van der Waals surface area contributed by atoms with Gasteiger partial charge in [0.2, 0.25) is 5.91 Å². The Morgan fingerprint density at radius 2 is 1.64 bits per heavy atom. The summed E-state index contributed by atoms with van der Waals surface area (Å²) in [7, 11) is 0. The molecule has 1 unspecified atom stereocenters. The Kier molecular flexibility index (Phi) is 4.36. The fourth-order valence-electron chi connectivity index (χ4n) is 3.09. The molecule has 4 heteroatoms.